The molecule has 1 aromatic carbocycles. The molecule has 0 unspecified atom stereocenters. The maximum absolute atomic E-state index is 11.8. The predicted molar refractivity (Wildman–Crippen MR) is 69.1 cm³/mol. The van der Waals surface area contributed by atoms with Gasteiger partial charge in [0.25, 0.3) is 0 Å². The van der Waals surface area contributed by atoms with E-state index in [0.29, 0.717) is 18.0 Å². The highest BCUT2D eigenvalue weighted by atomic mass is 16.5. The smallest absolute Gasteiger partial charge is 0.243 e. The van der Waals surface area contributed by atoms with Crippen LogP contribution in [0.15, 0.2) is 24.3 Å². The van der Waals surface area contributed by atoms with Crippen LogP contribution >= 0.6 is 0 Å². The Morgan fingerprint density at radius 1 is 1.41 bits per heavy atom. The molecule has 0 saturated heterocycles. The van der Waals surface area contributed by atoms with Crippen LogP contribution in [0.3, 0.4) is 0 Å². The van der Waals surface area contributed by atoms with E-state index >= 15 is 0 Å². The number of ether oxygens (including phenoxy) is 1. The Morgan fingerprint density at radius 3 is 2.65 bits per heavy atom. The van der Waals surface area contributed by atoms with Crippen molar-refractivity contribution in [2.75, 3.05) is 11.9 Å². The minimum Gasteiger partial charge on any atom is -0.491 e. The van der Waals surface area contributed by atoms with E-state index in [2.05, 4.69) is 5.32 Å². The number of benzene rings is 1. The summed E-state index contributed by atoms with van der Waals surface area (Å²) in [7, 11) is 0. The molecule has 0 aliphatic rings. The summed E-state index contributed by atoms with van der Waals surface area (Å²) >= 11 is 0. The number of hydrogen-bond acceptors (Lipinski definition) is 3. The second-order valence-corrected chi connectivity index (χ2v) is 4.52. The van der Waals surface area contributed by atoms with Crippen LogP contribution in [-0.4, -0.2) is 18.1 Å². The van der Waals surface area contributed by atoms with Gasteiger partial charge in [-0.15, -0.1) is 0 Å². The molecular weight excluding hydrogens is 216 g/mol. The monoisotopic (exact) mass is 236 g/mol. The third-order valence-electron chi connectivity index (χ3n) is 2.18. The van der Waals surface area contributed by atoms with E-state index in [9.17, 15) is 4.79 Å². The largest absolute Gasteiger partial charge is 0.491 e. The molecule has 94 valence electrons. The number of nitrogens with two attached hydrogens (primary N) is 1. The SMILES string of the molecule is CCCOc1ccccc1NC(=O)C(C)(C)N. The lowest BCUT2D eigenvalue weighted by molar-refractivity contribution is -0.120. The van der Waals surface area contributed by atoms with Gasteiger partial charge in [0, 0.05) is 0 Å². The van der Waals surface area contributed by atoms with Crippen LogP contribution in [0, 0.1) is 0 Å². The molecule has 0 saturated carbocycles. The molecule has 0 spiro atoms. The van der Waals surface area contributed by atoms with Gasteiger partial charge < -0.3 is 15.8 Å². The van der Waals surface area contributed by atoms with Crippen molar-refractivity contribution in [1.82, 2.24) is 0 Å². The first-order valence-corrected chi connectivity index (χ1v) is 5.77. The Morgan fingerprint density at radius 2 is 2.06 bits per heavy atom. The van der Waals surface area contributed by atoms with E-state index in [-0.39, 0.29) is 5.91 Å². The third-order valence-corrected chi connectivity index (χ3v) is 2.18. The molecular formula is C13H20N2O2. The maximum Gasteiger partial charge on any atom is 0.243 e. The summed E-state index contributed by atoms with van der Waals surface area (Å²) in [6.07, 6.45) is 0.921. The molecule has 17 heavy (non-hydrogen) atoms. The van der Waals surface area contributed by atoms with Gasteiger partial charge in [0.15, 0.2) is 0 Å². The van der Waals surface area contributed by atoms with Gasteiger partial charge in [-0.05, 0) is 32.4 Å². The van der Waals surface area contributed by atoms with Crippen molar-refractivity contribution < 1.29 is 9.53 Å². The first kappa shape index (κ1) is 13.5. The van der Waals surface area contributed by atoms with Crippen molar-refractivity contribution in [3.05, 3.63) is 24.3 Å². The topological polar surface area (TPSA) is 64.3 Å². The van der Waals surface area contributed by atoms with Gasteiger partial charge in [0.2, 0.25) is 5.91 Å². The molecule has 0 fully saturated rings. The summed E-state index contributed by atoms with van der Waals surface area (Å²) in [5, 5.41) is 2.77. The molecule has 3 N–H and O–H groups in total. The second kappa shape index (κ2) is 5.68. The fraction of sp³-hybridized carbons (Fsp3) is 0.462. The number of amides is 1. The first-order valence-electron chi connectivity index (χ1n) is 5.77. The van der Waals surface area contributed by atoms with Gasteiger partial charge in [-0.25, -0.2) is 0 Å². The molecule has 1 aromatic rings. The van der Waals surface area contributed by atoms with Gasteiger partial charge in [0.05, 0.1) is 17.8 Å². The van der Waals surface area contributed by atoms with E-state index < -0.39 is 5.54 Å². The van der Waals surface area contributed by atoms with Crippen LogP contribution in [0.1, 0.15) is 27.2 Å². The van der Waals surface area contributed by atoms with Crippen LogP contribution in [0.4, 0.5) is 5.69 Å². The minimum atomic E-state index is -0.905. The van der Waals surface area contributed by atoms with Crippen molar-refractivity contribution in [2.45, 2.75) is 32.7 Å². The Kier molecular flexibility index (Phi) is 4.52. The van der Waals surface area contributed by atoms with Crippen molar-refractivity contribution in [2.24, 2.45) is 5.73 Å². The summed E-state index contributed by atoms with van der Waals surface area (Å²) in [4.78, 5) is 11.8. The number of hydrogen-bond donors (Lipinski definition) is 2. The van der Waals surface area contributed by atoms with E-state index in [1.807, 2.05) is 25.1 Å². The lowest BCUT2D eigenvalue weighted by Gasteiger charge is -2.19. The summed E-state index contributed by atoms with van der Waals surface area (Å²) < 4.78 is 5.54. The average Bonchev–Trinajstić information content (AvgIpc) is 2.26. The quantitative estimate of drug-likeness (QED) is 0.823. The summed E-state index contributed by atoms with van der Waals surface area (Å²) in [6, 6.07) is 7.34. The first-order chi connectivity index (χ1) is 7.95. The molecule has 4 nitrogen and oxygen atoms in total. The fourth-order valence-electron chi connectivity index (χ4n) is 1.19. The molecule has 0 radical (unpaired) electrons. The van der Waals surface area contributed by atoms with Crippen molar-refractivity contribution in [1.29, 1.82) is 0 Å². The van der Waals surface area contributed by atoms with Gasteiger partial charge in [-0.2, -0.15) is 0 Å². The Labute approximate surface area is 102 Å². The fourth-order valence-corrected chi connectivity index (χ4v) is 1.19. The van der Waals surface area contributed by atoms with Crippen LogP contribution in [0.2, 0.25) is 0 Å². The average molecular weight is 236 g/mol. The van der Waals surface area contributed by atoms with Gasteiger partial charge in [-0.3, -0.25) is 4.79 Å². The molecule has 0 bridgehead atoms. The zero-order chi connectivity index (χ0) is 12.9. The molecule has 0 aliphatic carbocycles. The normalized spacial score (nSPS) is 11.1. The predicted octanol–water partition coefficient (Wildman–Crippen LogP) is 2.15. The van der Waals surface area contributed by atoms with Gasteiger partial charge in [-0.1, -0.05) is 19.1 Å². The zero-order valence-corrected chi connectivity index (χ0v) is 10.6. The standard InChI is InChI=1S/C13H20N2O2/c1-4-9-17-11-8-6-5-7-10(11)15-12(16)13(2,3)14/h5-8H,4,9,14H2,1-3H3,(H,15,16). The number of anilines is 1. The molecule has 0 aromatic heterocycles. The maximum atomic E-state index is 11.8. The van der Waals surface area contributed by atoms with Crippen LogP contribution in [0.5, 0.6) is 5.75 Å². The van der Waals surface area contributed by atoms with Crippen LogP contribution in [0.25, 0.3) is 0 Å². The zero-order valence-electron chi connectivity index (χ0n) is 10.6. The van der Waals surface area contributed by atoms with E-state index in [1.165, 1.54) is 0 Å². The van der Waals surface area contributed by atoms with Gasteiger partial charge in [0.1, 0.15) is 5.75 Å². The van der Waals surface area contributed by atoms with Crippen molar-refractivity contribution >= 4 is 11.6 Å². The number of para-hydroxylation sites is 2. The van der Waals surface area contributed by atoms with Crippen LogP contribution in [-0.2, 0) is 4.79 Å². The molecule has 0 atom stereocenters. The number of carbonyl (C=O) groups is 1. The van der Waals surface area contributed by atoms with Crippen molar-refractivity contribution in [3.8, 4) is 5.75 Å². The Balaban J connectivity index is 2.80. The molecule has 0 heterocycles. The lowest BCUT2D eigenvalue weighted by Crippen LogP contribution is -2.45. The third kappa shape index (κ3) is 4.07. The van der Waals surface area contributed by atoms with Gasteiger partial charge >= 0.3 is 0 Å². The molecule has 0 aliphatic heterocycles. The lowest BCUT2D eigenvalue weighted by atomic mass is 10.1. The second-order valence-electron chi connectivity index (χ2n) is 4.52. The van der Waals surface area contributed by atoms with E-state index in [1.54, 1.807) is 19.9 Å². The number of carbonyl (C=O) groups excluding carboxylic acids is 1. The summed E-state index contributed by atoms with van der Waals surface area (Å²) in [5.41, 5.74) is 5.48. The summed E-state index contributed by atoms with van der Waals surface area (Å²) in [5.74, 6) is 0.442. The highest BCUT2D eigenvalue weighted by Gasteiger charge is 2.22. The Hall–Kier alpha value is -1.55. The minimum absolute atomic E-state index is 0.231. The molecule has 1 rings (SSSR count). The van der Waals surface area contributed by atoms with E-state index in [4.69, 9.17) is 10.5 Å². The number of rotatable bonds is 5. The highest BCUT2D eigenvalue weighted by Crippen LogP contribution is 2.24. The highest BCUT2D eigenvalue weighted by molar-refractivity contribution is 5.98. The molecule has 4 heteroatoms. The number of nitrogens with one attached hydrogen (secondary N) is 1. The van der Waals surface area contributed by atoms with Crippen LogP contribution < -0.4 is 15.8 Å². The summed E-state index contributed by atoms with van der Waals surface area (Å²) in [6.45, 7) is 5.98. The Bertz CT molecular complexity index is 383. The molecule has 1 amide bonds. The van der Waals surface area contributed by atoms with Crippen molar-refractivity contribution in [3.63, 3.8) is 0 Å². The van der Waals surface area contributed by atoms with E-state index in [0.717, 1.165) is 6.42 Å².